The van der Waals surface area contributed by atoms with Gasteiger partial charge >= 0.3 is 0 Å². The summed E-state index contributed by atoms with van der Waals surface area (Å²) in [6.45, 7) is 0. The highest BCUT2D eigenvalue weighted by atomic mass is 16.6. The fraction of sp³-hybridized carbons (Fsp3) is 0.591. The van der Waals surface area contributed by atoms with Crippen molar-refractivity contribution in [3.8, 4) is 5.75 Å². The highest BCUT2D eigenvalue weighted by Crippen LogP contribution is 2.45. The Labute approximate surface area is 160 Å². The largest absolute Gasteiger partial charge is 0.496 e. The number of methoxy groups -OCH3 is 1. The number of nitro benzene ring substituents is 1. The zero-order valence-corrected chi connectivity index (χ0v) is 16.1. The number of benzene rings is 1. The highest BCUT2D eigenvalue weighted by Gasteiger charge is 2.28. The fourth-order valence-corrected chi connectivity index (χ4v) is 5.04. The van der Waals surface area contributed by atoms with Crippen LogP contribution in [0.25, 0.3) is 10.9 Å². The van der Waals surface area contributed by atoms with Gasteiger partial charge in [-0.2, -0.15) is 0 Å². The Morgan fingerprint density at radius 3 is 2.22 bits per heavy atom. The molecule has 0 N–H and O–H groups in total. The maximum atomic E-state index is 11.8. The van der Waals surface area contributed by atoms with Crippen LogP contribution in [0.5, 0.6) is 5.75 Å². The number of aromatic nitrogens is 1. The summed E-state index contributed by atoms with van der Waals surface area (Å²) >= 11 is 0. The van der Waals surface area contributed by atoms with Crippen LogP contribution in [0.15, 0.2) is 18.2 Å². The minimum absolute atomic E-state index is 0.0686. The maximum absolute atomic E-state index is 11.8. The van der Waals surface area contributed by atoms with Gasteiger partial charge in [-0.1, -0.05) is 44.6 Å². The van der Waals surface area contributed by atoms with Crippen LogP contribution in [0, 0.1) is 10.1 Å². The summed E-state index contributed by atoms with van der Waals surface area (Å²) in [4.78, 5) is 16.3. The molecule has 4 rings (SSSR count). The highest BCUT2D eigenvalue weighted by molar-refractivity contribution is 5.93. The van der Waals surface area contributed by atoms with E-state index >= 15 is 0 Å². The Morgan fingerprint density at radius 1 is 1.00 bits per heavy atom. The standard InChI is InChI=1S/C22H28N2O3/c1-27-20-14-19(24(25)26)22-17(21(20)16-10-6-3-7-11-16)12-13-18(23-22)15-8-4-2-5-9-15/h12-16H,2-11H2,1H3. The third kappa shape index (κ3) is 3.52. The molecule has 0 radical (unpaired) electrons. The van der Waals surface area contributed by atoms with Crippen molar-refractivity contribution in [2.45, 2.75) is 76.0 Å². The summed E-state index contributed by atoms with van der Waals surface area (Å²) in [5.41, 5.74) is 2.76. The third-order valence-corrected chi connectivity index (χ3v) is 6.44. The molecule has 2 aliphatic carbocycles. The number of non-ortho nitro benzene ring substituents is 1. The molecule has 0 saturated heterocycles. The van der Waals surface area contributed by atoms with E-state index in [0.29, 0.717) is 23.1 Å². The summed E-state index contributed by atoms with van der Waals surface area (Å²) in [5.74, 6) is 1.48. The van der Waals surface area contributed by atoms with E-state index in [-0.39, 0.29) is 10.6 Å². The van der Waals surface area contributed by atoms with Crippen LogP contribution in [0.4, 0.5) is 5.69 Å². The van der Waals surface area contributed by atoms with Gasteiger partial charge in [0.15, 0.2) is 0 Å². The van der Waals surface area contributed by atoms with Crippen molar-refractivity contribution in [1.29, 1.82) is 0 Å². The Bertz CT molecular complexity index is 837. The van der Waals surface area contributed by atoms with Crippen molar-refractivity contribution in [3.05, 3.63) is 39.6 Å². The second-order valence-corrected chi connectivity index (χ2v) is 8.07. The van der Waals surface area contributed by atoms with Crippen molar-refractivity contribution < 1.29 is 9.66 Å². The zero-order valence-electron chi connectivity index (χ0n) is 16.1. The van der Waals surface area contributed by atoms with E-state index in [1.54, 1.807) is 13.2 Å². The quantitative estimate of drug-likeness (QED) is 0.473. The molecule has 0 amide bonds. The van der Waals surface area contributed by atoms with Gasteiger partial charge in [-0.15, -0.1) is 0 Å². The van der Waals surface area contributed by atoms with Crippen molar-refractivity contribution in [2.75, 3.05) is 7.11 Å². The van der Waals surface area contributed by atoms with Crippen molar-refractivity contribution in [2.24, 2.45) is 0 Å². The van der Waals surface area contributed by atoms with Crippen LogP contribution in [0.1, 0.15) is 87.3 Å². The minimum atomic E-state index is -0.312. The van der Waals surface area contributed by atoms with Crippen LogP contribution in [-0.4, -0.2) is 17.0 Å². The molecule has 0 atom stereocenters. The van der Waals surface area contributed by atoms with Crippen LogP contribution >= 0.6 is 0 Å². The first-order valence-corrected chi connectivity index (χ1v) is 10.3. The smallest absolute Gasteiger partial charge is 0.299 e. The van der Waals surface area contributed by atoms with Gasteiger partial charge in [-0.05, 0) is 37.7 Å². The Morgan fingerprint density at radius 2 is 1.63 bits per heavy atom. The van der Waals surface area contributed by atoms with Gasteiger partial charge in [0, 0.05) is 22.6 Å². The van der Waals surface area contributed by atoms with E-state index in [0.717, 1.165) is 42.3 Å². The Kier molecular flexibility index (Phi) is 5.28. The number of fused-ring (bicyclic) bond motifs is 1. The lowest BCUT2D eigenvalue weighted by atomic mass is 9.81. The molecule has 27 heavy (non-hydrogen) atoms. The molecule has 5 heteroatoms. The number of ether oxygens (including phenoxy) is 1. The van der Waals surface area contributed by atoms with Crippen molar-refractivity contribution in [1.82, 2.24) is 4.98 Å². The average Bonchev–Trinajstić information content (AvgIpc) is 2.73. The lowest BCUT2D eigenvalue weighted by Crippen LogP contribution is -2.10. The molecule has 2 aromatic rings. The first kappa shape index (κ1) is 18.2. The second-order valence-electron chi connectivity index (χ2n) is 8.07. The first-order chi connectivity index (χ1) is 13.2. The molecule has 2 fully saturated rings. The number of hydrogen-bond acceptors (Lipinski definition) is 4. The normalized spacial score (nSPS) is 19.3. The van der Waals surface area contributed by atoms with Gasteiger partial charge < -0.3 is 4.74 Å². The molecular weight excluding hydrogens is 340 g/mol. The van der Waals surface area contributed by atoms with Gasteiger partial charge in [0.25, 0.3) is 5.69 Å². The molecule has 1 aromatic carbocycles. The zero-order chi connectivity index (χ0) is 18.8. The van der Waals surface area contributed by atoms with Crippen LogP contribution in [0.3, 0.4) is 0 Å². The topological polar surface area (TPSA) is 65.3 Å². The summed E-state index contributed by atoms with van der Waals surface area (Å²) in [5, 5.41) is 12.7. The van der Waals surface area contributed by atoms with E-state index in [1.807, 2.05) is 0 Å². The van der Waals surface area contributed by atoms with E-state index in [2.05, 4.69) is 12.1 Å². The van der Waals surface area contributed by atoms with Gasteiger partial charge in [-0.3, -0.25) is 10.1 Å². The molecule has 5 nitrogen and oxygen atoms in total. The number of nitrogens with zero attached hydrogens (tertiary/aromatic N) is 2. The monoisotopic (exact) mass is 368 g/mol. The predicted molar refractivity (Wildman–Crippen MR) is 107 cm³/mol. The van der Waals surface area contributed by atoms with E-state index in [4.69, 9.17) is 9.72 Å². The van der Waals surface area contributed by atoms with E-state index < -0.39 is 0 Å². The summed E-state index contributed by atoms with van der Waals surface area (Å²) < 4.78 is 5.61. The number of pyridine rings is 1. The molecule has 0 spiro atoms. The molecule has 2 saturated carbocycles. The van der Waals surface area contributed by atoms with Crippen LogP contribution in [-0.2, 0) is 0 Å². The number of nitro groups is 1. The number of hydrogen-bond donors (Lipinski definition) is 0. The molecular formula is C22H28N2O3. The van der Waals surface area contributed by atoms with Crippen molar-refractivity contribution >= 4 is 16.6 Å². The van der Waals surface area contributed by atoms with Crippen LogP contribution in [0.2, 0.25) is 0 Å². The van der Waals surface area contributed by atoms with Gasteiger partial charge in [0.1, 0.15) is 11.3 Å². The van der Waals surface area contributed by atoms with Gasteiger partial charge in [0.05, 0.1) is 18.1 Å². The van der Waals surface area contributed by atoms with Gasteiger partial charge in [0.2, 0.25) is 0 Å². The van der Waals surface area contributed by atoms with E-state index in [1.165, 1.54) is 38.5 Å². The molecule has 0 unspecified atom stereocenters. The predicted octanol–water partition coefficient (Wildman–Crippen LogP) is 6.25. The lowest BCUT2D eigenvalue weighted by Gasteiger charge is -2.26. The van der Waals surface area contributed by atoms with Gasteiger partial charge in [-0.25, -0.2) is 4.98 Å². The lowest BCUT2D eigenvalue weighted by molar-refractivity contribution is -0.383. The average molecular weight is 368 g/mol. The molecule has 0 aliphatic heterocycles. The summed E-state index contributed by atoms with van der Waals surface area (Å²) in [7, 11) is 1.61. The number of rotatable bonds is 4. The Balaban J connectivity index is 1.88. The third-order valence-electron chi connectivity index (χ3n) is 6.44. The summed E-state index contributed by atoms with van der Waals surface area (Å²) in [6.07, 6.45) is 11.9. The molecule has 144 valence electrons. The molecule has 1 aromatic heterocycles. The summed E-state index contributed by atoms with van der Waals surface area (Å²) in [6, 6.07) is 5.78. The maximum Gasteiger partial charge on any atom is 0.299 e. The first-order valence-electron chi connectivity index (χ1n) is 10.3. The molecule has 2 aliphatic rings. The fourth-order valence-electron chi connectivity index (χ4n) is 5.04. The minimum Gasteiger partial charge on any atom is -0.496 e. The SMILES string of the molecule is COc1cc([N+](=O)[O-])c2nc(C3CCCCC3)ccc2c1C1CCCCC1. The molecule has 1 heterocycles. The van der Waals surface area contributed by atoms with Crippen molar-refractivity contribution in [3.63, 3.8) is 0 Å². The van der Waals surface area contributed by atoms with Crippen LogP contribution < -0.4 is 4.74 Å². The van der Waals surface area contributed by atoms with E-state index in [9.17, 15) is 10.1 Å². The second kappa shape index (κ2) is 7.83. The Hall–Kier alpha value is -2.17. The molecule has 0 bridgehead atoms.